The predicted octanol–water partition coefficient (Wildman–Crippen LogP) is 2.67. The van der Waals surface area contributed by atoms with E-state index in [4.69, 9.17) is 4.74 Å². The lowest BCUT2D eigenvalue weighted by Gasteiger charge is -2.22. The lowest BCUT2D eigenvalue weighted by molar-refractivity contribution is -0.142. The van der Waals surface area contributed by atoms with E-state index in [0.29, 0.717) is 0 Å². The molecule has 0 aliphatic heterocycles. The molecule has 0 bridgehead atoms. The molecule has 0 saturated heterocycles. The molecule has 3 heteroatoms. The van der Waals surface area contributed by atoms with Crippen LogP contribution in [0.25, 0.3) is 0 Å². The number of rotatable bonds is 3. The highest BCUT2D eigenvalue weighted by Crippen LogP contribution is 2.31. The van der Waals surface area contributed by atoms with Gasteiger partial charge in [-0.2, -0.15) is 0 Å². The number of benzene rings is 1. The van der Waals surface area contributed by atoms with E-state index < -0.39 is 11.4 Å². The zero-order valence-corrected chi connectivity index (χ0v) is 10.4. The second kappa shape index (κ2) is 4.16. The molecule has 1 N–H and O–H groups in total. The van der Waals surface area contributed by atoms with E-state index in [-0.39, 0.29) is 0 Å². The Morgan fingerprint density at radius 3 is 2.00 bits per heavy atom. The van der Waals surface area contributed by atoms with Gasteiger partial charge in [-0.3, -0.25) is 4.79 Å². The number of carboxylic acids is 1. The molecule has 0 heterocycles. The quantitative estimate of drug-likeness (QED) is 0.855. The predicted molar refractivity (Wildman–Crippen MR) is 63.1 cm³/mol. The molecule has 0 unspecified atom stereocenters. The van der Waals surface area contributed by atoms with Crippen LogP contribution >= 0.6 is 0 Å². The third kappa shape index (κ3) is 2.03. The molecule has 0 spiro atoms. The molecule has 0 atom stereocenters. The van der Waals surface area contributed by atoms with Crippen molar-refractivity contribution >= 4 is 5.97 Å². The van der Waals surface area contributed by atoms with Crippen LogP contribution in [0.4, 0.5) is 0 Å². The Labute approximate surface area is 96.1 Å². The molecule has 1 aromatic rings. The van der Waals surface area contributed by atoms with Crippen LogP contribution in [-0.2, 0) is 10.2 Å². The van der Waals surface area contributed by atoms with Gasteiger partial charge in [-0.05, 0) is 44.4 Å². The summed E-state index contributed by atoms with van der Waals surface area (Å²) in [6.45, 7) is 7.26. The number of hydrogen-bond donors (Lipinski definition) is 1. The summed E-state index contributed by atoms with van der Waals surface area (Å²) in [5, 5.41) is 9.17. The summed E-state index contributed by atoms with van der Waals surface area (Å²) in [6, 6.07) is 3.75. The first-order valence-electron chi connectivity index (χ1n) is 5.19. The van der Waals surface area contributed by atoms with Crippen LogP contribution in [0.2, 0.25) is 0 Å². The third-order valence-corrected chi connectivity index (χ3v) is 2.92. The topological polar surface area (TPSA) is 46.5 Å². The first kappa shape index (κ1) is 12.6. The minimum atomic E-state index is -0.873. The van der Waals surface area contributed by atoms with Gasteiger partial charge in [0.05, 0.1) is 12.5 Å². The fraction of sp³-hybridized carbons (Fsp3) is 0.462. The minimum Gasteiger partial charge on any atom is -0.496 e. The summed E-state index contributed by atoms with van der Waals surface area (Å²) in [4.78, 5) is 11.2. The van der Waals surface area contributed by atoms with Crippen LogP contribution < -0.4 is 4.74 Å². The van der Waals surface area contributed by atoms with Crippen molar-refractivity contribution in [3.05, 3.63) is 28.8 Å². The average molecular weight is 222 g/mol. The molecule has 3 nitrogen and oxygen atoms in total. The van der Waals surface area contributed by atoms with Crippen molar-refractivity contribution in [2.24, 2.45) is 0 Å². The summed E-state index contributed by atoms with van der Waals surface area (Å²) in [5.74, 6) is 0.00130. The van der Waals surface area contributed by atoms with E-state index in [1.165, 1.54) is 0 Å². The highest BCUT2D eigenvalue weighted by atomic mass is 16.5. The minimum absolute atomic E-state index is 0.802. The number of carboxylic acid groups (broad SMARTS) is 1. The molecule has 0 fully saturated rings. The van der Waals surface area contributed by atoms with Crippen LogP contribution in [0.15, 0.2) is 12.1 Å². The summed E-state index contributed by atoms with van der Waals surface area (Å²) in [6.07, 6.45) is 0. The SMILES string of the molecule is COc1c(C)cc(C(C)(C)C(=O)O)cc1C. The highest BCUT2D eigenvalue weighted by Gasteiger charge is 2.30. The molecule has 0 aliphatic carbocycles. The monoisotopic (exact) mass is 222 g/mol. The van der Waals surface area contributed by atoms with Crippen molar-refractivity contribution in [1.82, 2.24) is 0 Å². The maximum absolute atomic E-state index is 11.2. The first-order chi connectivity index (χ1) is 7.30. The number of hydrogen-bond acceptors (Lipinski definition) is 2. The number of methoxy groups -OCH3 is 1. The van der Waals surface area contributed by atoms with E-state index >= 15 is 0 Å². The van der Waals surface area contributed by atoms with Crippen molar-refractivity contribution < 1.29 is 14.6 Å². The van der Waals surface area contributed by atoms with E-state index in [2.05, 4.69) is 0 Å². The maximum atomic E-state index is 11.2. The van der Waals surface area contributed by atoms with Gasteiger partial charge in [-0.1, -0.05) is 12.1 Å². The molecule has 88 valence electrons. The summed E-state index contributed by atoms with van der Waals surface area (Å²) < 4.78 is 5.26. The fourth-order valence-electron chi connectivity index (χ4n) is 1.76. The third-order valence-electron chi connectivity index (χ3n) is 2.92. The van der Waals surface area contributed by atoms with Gasteiger partial charge in [-0.15, -0.1) is 0 Å². The fourth-order valence-corrected chi connectivity index (χ4v) is 1.76. The second-order valence-corrected chi connectivity index (χ2v) is 4.57. The van der Waals surface area contributed by atoms with Gasteiger partial charge in [0, 0.05) is 0 Å². The number of ether oxygens (including phenoxy) is 1. The summed E-state index contributed by atoms with van der Waals surface area (Å²) in [5.41, 5.74) is 1.86. The number of carbonyl (C=O) groups is 1. The molecule has 0 saturated carbocycles. The zero-order valence-electron chi connectivity index (χ0n) is 10.4. The molecule has 16 heavy (non-hydrogen) atoms. The van der Waals surface area contributed by atoms with E-state index in [9.17, 15) is 9.90 Å². The van der Waals surface area contributed by atoms with Crippen molar-refractivity contribution in [2.45, 2.75) is 33.1 Å². The van der Waals surface area contributed by atoms with Crippen LogP contribution in [0.1, 0.15) is 30.5 Å². The van der Waals surface area contributed by atoms with Gasteiger partial charge in [-0.25, -0.2) is 0 Å². The summed E-state index contributed by atoms with van der Waals surface area (Å²) >= 11 is 0. The van der Waals surface area contributed by atoms with Crippen LogP contribution in [0.3, 0.4) is 0 Å². The van der Waals surface area contributed by atoms with Crippen molar-refractivity contribution in [3.63, 3.8) is 0 Å². The lowest BCUT2D eigenvalue weighted by Crippen LogP contribution is -2.28. The Kier molecular flexibility index (Phi) is 3.27. The number of aryl methyl sites for hydroxylation is 2. The zero-order chi connectivity index (χ0) is 12.5. The average Bonchev–Trinajstić information content (AvgIpc) is 2.16. The Bertz CT molecular complexity index is 396. The largest absolute Gasteiger partial charge is 0.496 e. The Hall–Kier alpha value is -1.51. The molecular weight excluding hydrogens is 204 g/mol. The van der Waals surface area contributed by atoms with Crippen LogP contribution in [0, 0.1) is 13.8 Å². The molecule has 0 aromatic heterocycles. The normalized spacial score (nSPS) is 11.3. The van der Waals surface area contributed by atoms with Gasteiger partial charge in [0.1, 0.15) is 5.75 Å². The van der Waals surface area contributed by atoms with E-state index in [0.717, 1.165) is 22.4 Å². The van der Waals surface area contributed by atoms with E-state index in [1.54, 1.807) is 21.0 Å². The second-order valence-electron chi connectivity index (χ2n) is 4.57. The molecule has 0 amide bonds. The molecule has 1 rings (SSSR count). The number of aliphatic carboxylic acids is 1. The van der Waals surface area contributed by atoms with Crippen molar-refractivity contribution in [2.75, 3.05) is 7.11 Å². The lowest BCUT2D eigenvalue weighted by atomic mass is 9.83. The molecule has 0 radical (unpaired) electrons. The smallest absolute Gasteiger partial charge is 0.313 e. The van der Waals surface area contributed by atoms with Gasteiger partial charge in [0.15, 0.2) is 0 Å². The van der Waals surface area contributed by atoms with E-state index in [1.807, 2.05) is 26.0 Å². The van der Waals surface area contributed by atoms with Gasteiger partial charge in [0.2, 0.25) is 0 Å². The van der Waals surface area contributed by atoms with Crippen molar-refractivity contribution in [1.29, 1.82) is 0 Å². The van der Waals surface area contributed by atoms with Gasteiger partial charge >= 0.3 is 5.97 Å². The summed E-state index contributed by atoms with van der Waals surface area (Å²) in [7, 11) is 1.62. The Morgan fingerprint density at radius 1 is 1.25 bits per heavy atom. The first-order valence-corrected chi connectivity index (χ1v) is 5.19. The van der Waals surface area contributed by atoms with Crippen molar-refractivity contribution in [3.8, 4) is 5.75 Å². The molecule has 1 aromatic carbocycles. The van der Waals surface area contributed by atoms with Gasteiger partial charge < -0.3 is 9.84 Å². The highest BCUT2D eigenvalue weighted by molar-refractivity contribution is 5.80. The molecule has 0 aliphatic rings. The Morgan fingerprint density at radius 2 is 1.69 bits per heavy atom. The Balaban J connectivity index is 3.34. The maximum Gasteiger partial charge on any atom is 0.313 e. The van der Waals surface area contributed by atoms with Crippen LogP contribution in [0.5, 0.6) is 5.75 Å². The standard InChI is InChI=1S/C13H18O3/c1-8-6-10(13(3,4)12(14)15)7-9(2)11(8)16-5/h6-7H,1-5H3,(H,14,15). The van der Waals surface area contributed by atoms with Crippen LogP contribution in [-0.4, -0.2) is 18.2 Å². The molecular formula is C13H18O3. The van der Waals surface area contributed by atoms with Gasteiger partial charge in [0.25, 0.3) is 0 Å².